The number of nitro benzene ring substituents is 1. The Hall–Kier alpha value is -3.90. The number of hydrogen-bond acceptors (Lipinski definition) is 6. The number of benzene rings is 2. The molecule has 0 bridgehead atoms. The second-order valence-electron chi connectivity index (χ2n) is 6.21. The second kappa shape index (κ2) is 9.73. The van der Waals surface area contributed by atoms with Crippen molar-refractivity contribution in [2.75, 3.05) is 11.9 Å². The number of nitriles is 1. The SMILES string of the molecule is CCOc1cccc(NC(=O)/C(C#N)=C/c2ccc(-c3ccc([N+](=O)[O-])cc3Br)o2)c1. The quantitative estimate of drug-likeness (QED) is 0.204. The van der Waals surface area contributed by atoms with Gasteiger partial charge in [0.05, 0.1) is 11.5 Å². The zero-order chi connectivity index (χ0) is 22.4. The maximum Gasteiger partial charge on any atom is 0.270 e. The van der Waals surface area contributed by atoms with Crippen molar-refractivity contribution in [3.63, 3.8) is 0 Å². The van der Waals surface area contributed by atoms with Crippen molar-refractivity contribution < 1.29 is 18.9 Å². The number of halogens is 1. The highest BCUT2D eigenvalue weighted by molar-refractivity contribution is 9.10. The van der Waals surface area contributed by atoms with Crippen LogP contribution in [0.5, 0.6) is 5.75 Å². The predicted octanol–water partition coefficient (Wildman–Crippen LogP) is 5.56. The van der Waals surface area contributed by atoms with Gasteiger partial charge in [-0.15, -0.1) is 0 Å². The Morgan fingerprint density at radius 3 is 2.77 bits per heavy atom. The van der Waals surface area contributed by atoms with Gasteiger partial charge < -0.3 is 14.5 Å². The molecule has 31 heavy (non-hydrogen) atoms. The van der Waals surface area contributed by atoms with Gasteiger partial charge in [0, 0.05) is 40.0 Å². The molecule has 3 aromatic rings. The molecule has 2 aromatic carbocycles. The van der Waals surface area contributed by atoms with Crippen molar-refractivity contribution in [2.24, 2.45) is 0 Å². The standard InChI is InChI=1S/C22H16BrN3O5/c1-2-30-17-5-3-4-15(11-17)25-22(27)14(13-24)10-18-7-9-21(31-18)19-8-6-16(26(28)29)12-20(19)23/h3-12H,2H2,1H3,(H,25,27)/b14-10+. The fourth-order valence-corrected chi connectivity index (χ4v) is 3.27. The maximum absolute atomic E-state index is 12.5. The zero-order valence-corrected chi connectivity index (χ0v) is 17.9. The topological polar surface area (TPSA) is 118 Å². The predicted molar refractivity (Wildman–Crippen MR) is 118 cm³/mol. The normalized spacial score (nSPS) is 10.9. The Morgan fingerprint density at radius 2 is 2.10 bits per heavy atom. The van der Waals surface area contributed by atoms with E-state index in [4.69, 9.17) is 9.15 Å². The Balaban J connectivity index is 1.80. The molecule has 0 atom stereocenters. The van der Waals surface area contributed by atoms with Crippen molar-refractivity contribution in [1.29, 1.82) is 5.26 Å². The molecule has 0 fully saturated rings. The lowest BCUT2D eigenvalue weighted by Gasteiger charge is -2.07. The molecular weight excluding hydrogens is 466 g/mol. The van der Waals surface area contributed by atoms with Crippen LogP contribution in [0, 0.1) is 21.4 Å². The fraction of sp³-hybridized carbons (Fsp3) is 0.0909. The molecule has 0 aliphatic rings. The Bertz CT molecular complexity index is 1210. The molecule has 1 aromatic heterocycles. The van der Waals surface area contributed by atoms with E-state index in [2.05, 4.69) is 21.2 Å². The maximum atomic E-state index is 12.5. The van der Waals surface area contributed by atoms with Gasteiger partial charge in [0.25, 0.3) is 11.6 Å². The lowest BCUT2D eigenvalue weighted by atomic mass is 10.1. The highest BCUT2D eigenvalue weighted by atomic mass is 79.9. The van der Waals surface area contributed by atoms with Crippen molar-refractivity contribution in [2.45, 2.75) is 6.92 Å². The Kier molecular flexibility index (Phi) is 6.85. The number of non-ortho nitro benzene ring substituents is 1. The number of carbonyl (C=O) groups excluding carboxylic acids is 1. The zero-order valence-electron chi connectivity index (χ0n) is 16.3. The smallest absolute Gasteiger partial charge is 0.270 e. The van der Waals surface area contributed by atoms with Gasteiger partial charge in [-0.05, 0) is 53.2 Å². The molecule has 0 saturated carbocycles. The van der Waals surface area contributed by atoms with Crippen LogP contribution in [-0.2, 0) is 4.79 Å². The van der Waals surface area contributed by atoms with E-state index >= 15 is 0 Å². The van der Waals surface area contributed by atoms with Crippen LogP contribution in [-0.4, -0.2) is 17.4 Å². The van der Waals surface area contributed by atoms with Crippen molar-refractivity contribution in [1.82, 2.24) is 0 Å². The number of amides is 1. The van der Waals surface area contributed by atoms with Crippen LogP contribution in [0.4, 0.5) is 11.4 Å². The molecule has 0 aliphatic carbocycles. The molecule has 1 amide bonds. The lowest BCUT2D eigenvalue weighted by Crippen LogP contribution is -2.13. The van der Waals surface area contributed by atoms with E-state index in [9.17, 15) is 20.2 Å². The molecule has 0 saturated heterocycles. The summed E-state index contributed by atoms with van der Waals surface area (Å²) in [6, 6.07) is 16.2. The highest BCUT2D eigenvalue weighted by Gasteiger charge is 2.15. The number of nitro groups is 1. The van der Waals surface area contributed by atoms with Gasteiger partial charge in [0.1, 0.15) is 28.9 Å². The summed E-state index contributed by atoms with van der Waals surface area (Å²) in [7, 11) is 0. The molecule has 8 nitrogen and oxygen atoms in total. The summed E-state index contributed by atoms with van der Waals surface area (Å²) in [4.78, 5) is 22.9. The van der Waals surface area contributed by atoms with Gasteiger partial charge in [-0.25, -0.2) is 0 Å². The third kappa shape index (κ3) is 5.38. The summed E-state index contributed by atoms with van der Waals surface area (Å²) >= 11 is 3.30. The van der Waals surface area contributed by atoms with Gasteiger partial charge in [0.2, 0.25) is 0 Å². The minimum Gasteiger partial charge on any atom is -0.494 e. The van der Waals surface area contributed by atoms with E-state index in [1.165, 1.54) is 18.2 Å². The van der Waals surface area contributed by atoms with E-state index < -0.39 is 10.8 Å². The number of hydrogen-bond donors (Lipinski definition) is 1. The van der Waals surface area contributed by atoms with E-state index in [1.54, 1.807) is 42.5 Å². The number of ether oxygens (including phenoxy) is 1. The van der Waals surface area contributed by atoms with Crippen molar-refractivity contribution in [3.05, 3.63) is 80.5 Å². The first-order valence-corrected chi connectivity index (χ1v) is 9.90. The first-order chi connectivity index (χ1) is 14.9. The van der Waals surface area contributed by atoms with Gasteiger partial charge >= 0.3 is 0 Å². The molecule has 3 rings (SSSR count). The molecule has 1 heterocycles. The molecule has 0 aliphatic heterocycles. The number of carbonyl (C=O) groups is 1. The average molecular weight is 482 g/mol. The summed E-state index contributed by atoms with van der Waals surface area (Å²) < 4.78 is 11.6. The Labute approximate surface area is 186 Å². The van der Waals surface area contributed by atoms with Crippen molar-refractivity contribution in [3.8, 4) is 23.1 Å². The third-order valence-electron chi connectivity index (χ3n) is 4.11. The van der Waals surface area contributed by atoms with Crippen molar-refractivity contribution >= 4 is 39.3 Å². The molecule has 1 N–H and O–H groups in total. The summed E-state index contributed by atoms with van der Waals surface area (Å²) in [6.07, 6.45) is 1.32. The number of rotatable bonds is 7. The summed E-state index contributed by atoms with van der Waals surface area (Å²) in [5, 5.41) is 22.9. The molecule has 0 spiro atoms. The highest BCUT2D eigenvalue weighted by Crippen LogP contribution is 2.33. The first kappa shape index (κ1) is 21.8. The minimum absolute atomic E-state index is 0.0563. The molecule has 9 heteroatoms. The number of anilines is 1. The monoisotopic (exact) mass is 481 g/mol. The fourth-order valence-electron chi connectivity index (χ4n) is 2.71. The second-order valence-corrected chi connectivity index (χ2v) is 7.06. The summed E-state index contributed by atoms with van der Waals surface area (Å²) in [5.41, 5.74) is 0.887. The average Bonchev–Trinajstić information content (AvgIpc) is 3.20. The van der Waals surface area contributed by atoms with Crippen LogP contribution in [0.15, 0.2) is 69.1 Å². The van der Waals surface area contributed by atoms with Gasteiger partial charge in [-0.2, -0.15) is 5.26 Å². The third-order valence-corrected chi connectivity index (χ3v) is 4.77. The first-order valence-electron chi connectivity index (χ1n) is 9.11. The van der Waals surface area contributed by atoms with Gasteiger partial charge in [0.15, 0.2) is 0 Å². The van der Waals surface area contributed by atoms with Crippen LogP contribution < -0.4 is 10.1 Å². The van der Waals surface area contributed by atoms with Gasteiger partial charge in [-0.3, -0.25) is 14.9 Å². The summed E-state index contributed by atoms with van der Waals surface area (Å²) in [5.74, 6) is 0.725. The Morgan fingerprint density at radius 1 is 1.29 bits per heavy atom. The van der Waals surface area contributed by atoms with Crippen LogP contribution in [0.1, 0.15) is 12.7 Å². The largest absolute Gasteiger partial charge is 0.494 e. The minimum atomic E-state index is -0.592. The van der Waals surface area contributed by atoms with Crippen LogP contribution in [0.2, 0.25) is 0 Å². The molecular formula is C22H16BrN3O5. The van der Waals surface area contributed by atoms with Crippen LogP contribution in [0.3, 0.4) is 0 Å². The van der Waals surface area contributed by atoms with Gasteiger partial charge in [-0.1, -0.05) is 6.07 Å². The van der Waals surface area contributed by atoms with Crippen LogP contribution >= 0.6 is 15.9 Å². The number of nitrogens with one attached hydrogen (secondary N) is 1. The van der Waals surface area contributed by atoms with E-state index in [0.717, 1.165) is 0 Å². The van der Waals surface area contributed by atoms with E-state index in [1.807, 2.05) is 13.0 Å². The number of nitrogens with zero attached hydrogens (tertiary/aromatic N) is 2. The molecule has 0 unspecified atom stereocenters. The van der Waals surface area contributed by atoms with E-state index in [-0.39, 0.29) is 17.0 Å². The molecule has 0 radical (unpaired) electrons. The summed E-state index contributed by atoms with van der Waals surface area (Å²) in [6.45, 7) is 2.35. The van der Waals surface area contributed by atoms with Crippen LogP contribution in [0.25, 0.3) is 17.4 Å². The van der Waals surface area contributed by atoms with E-state index in [0.29, 0.717) is 33.8 Å². The number of furan rings is 1. The molecule has 156 valence electrons. The lowest BCUT2D eigenvalue weighted by molar-refractivity contribution is -0.384.